The molecule has 2 aromatic heterocycles. The number of aryl methyl sites for hydroxylation is 1. The molecule has 2 aromatic rings. The molecule has 6 heteroatoms. The molecule has 0 amide bonds. The summed E-state index contributed by atoms with van der Waals surface area (Å²) in [6.45, 7) is 0.638. The van der Waals surface area contributed by atoms with Gasteiger partial charge >= 0.3 is 0 Å². The smallest absolute Gasteiger partial charge is 0.251 e. The minimum absolute atomic E-state index is 0.131. The fourth-order valence-electron chi connectivity index (χ4n) is 1.84. The molecule has 18 heavy (non-hydrogen) atoms. The molecule has 0 saturated heterocycles. The lowest BCUT2D eigenvalue weighted by Crippen LogP contribution is -2.19. The Balaban J connectivity index is 1.89. The Kier molecular flexibility index (Phi) is 2.71. The Morgan fingerprint density at radius 3 is 3.06 bits per heavy atom. The van der Waals surface area contributed by atoms with Crippen LogP contribution in [-0.4, -0.2) is 25.6 Å². The molecular formula is C12H15N5O. The Bertz CT molecular complexity index is 611. The van der Waals surface area contributed by atoms with E-state index in [9.17, 15) is 4.79 Å². The van der Waals surface area contributed by atoms with E-state index in [2.05, 4.69) is 20.3 Å². The zero-order valence-electron chi connectivity index (χ0n) is 10.2. The first kappa shape index (κ1) is 11.2. The summed E-state index contributed by atoms with van der Waals surface area (Å²) in [5, 5.41) is 3.35. The van der Waals surface area contributed by atoms with Gasteiger partial charge in [-0.2, -0.15) is 0 Å². The summed E-state index contributed by atoms with van der Waals surface area (Å²) in [4.78, 5) is 22.8. The van der Waals surface area contributed by atoms with Crippen LogP contribution in [0.1, 0.15) is 18.5 Å². The Labute approximate surface area is 104 Å². The van der Waals surface area contributed by atoms with Crippen LogP contribution in [0.15, 0.2) is 23.4 Å². The van der Waals surface area contributed by atoms with E-state index >= 15 is 0 Å². The highest BCUT2D eigenvalue weighted by Crippen LogP contribution is 2.19. The minimum Gasteiger partial charge on any atom is -0.331 e. The van der Waals surface area contributed by atoms with Gasteiger partial charge in [0.2, 0.25) is 0 Å². The third kappa shape index (κ3) is 2.33. The molecule has 0 bridgehead atoms. The number of nitrogens with one attached hydrogen (secondary N) is 2. The van der Waals surface area contributed by atoms with Crippen molar-refractivity contribution < 1.29 is 0 Å². The van der Waals surface area contributed by atoms with Gasteiger partial charge in [-0.15, -0.1) is 0 Å². The van der Waals surface area contributed by atoms with Crippen molar-refractivity contribution in [2.45, 2.75) is 25.4 Å². The van der Waals surface area contributed by atoms with Gasteiger partial charge in [0.05, 0.1) is 18.2 Å². The zero-order chi connectivity index (χ0) is 12.5. The maximum Gasteiger partial charge on any atom is 0.251 e. The molecule has 1 fully saturated rings. The summed E-state index contributed by atoms with van der Waals surface area (Å²) >= 11 is 0. The van der Waals surface area contributed by atoms with Crippen LogP contribution >= 0.6 is 0 Å². The van der Waals surface area contributed by atoms with Crippen molar-refractivity contribution in [3.63, 3.8) is 0 Å². The summed E-state index contributed by atoms with van der Waals surface area (Å²) in [5.41, 5.74) is 1.44. The average Bonchev–Trinajstić information content (AvgIpc) is 3.07. The topological polar surface area (TPSA) is 75.6 Å². The molecule has 0 radical (unpaired) electrons. The summed E-state index contributed by atoms with van der Waals surface area (Å²) < 4.78 is 1.83. The third-order valence-corrected chi connectivity index (χ3v) is 3.00. The number of rotatable bonds is 4. The van der Waals surface area contributed by atoms with Gasteiger partial charge in [0.1, 0.15) is 5.69 Å². The lowest BCUT2D eigenvalue weighted by Gasteiger charge is -2.05. The molecule has 0 aliphatic heterocycles. The molecule has 94 valence electrons. The van der Waals surface area contributed by atoms with Crippen molar-refractivity contribution in [1.82, 2.24) is 24.8 Å². The Morgan fingerprint density at radius 2 is 2.39 bits per heavy atom. The minimum atomic E-state index is -0.131. The highest BCUT2D eigenvalue weighted by atomic mass is 16.1. The van der Waals surface area contributed by atoms with Crippen LogP contribution in [0, 0.1) is 0 Å². The van der Waals surface area contributed by atoms with Crippen LogP contribution in [0.2, 0.25) is 0 Å². The fourth-order valence-corrected chi connectivity index (χ4v) is 1.84. The highest BCUT2D eigenvalue weighted by molar-refractivity contribution is 5.47. The number of nitrogens with zero attached hydrogens (tertiary/aromatic N) is 3. The van der Waals surface area contributed by atoms with Crippen LogP contribution in [-0.2, 0) is 13.6 Å². The molecule has 0 unspecified atom stereocenters. The zero-order valence-corrected chi connectivity index (χ0v) is 10.2. The van der Waals surface area contributed by atoms with E-state index in [4.69, 9.17) is 0 Å². The second kappa shape index (κ2) is 4.38. The van der Waals surface area contributed by atoms with E-state index in [0.717, 1.165) is 11.4 Å². The molecule has 0 atom stereocenters. The number of aromatic amines is 1. The van der Waals surface area contributed by atoms with Crippen LogP contribution in [0.3, 0.4) is 0 Å². The first-order chi connectivity index (χ1) is 8.72. The largest absolute Gasteiger partial charge is 0.331 e. The third-order valence-electron chi connectivity index (χ3n) is 3.00. The number of aromatic nitrogens is 4. The van der Waals surface area contributed by atoms with E-state index in [1.807, 2.05) is 11.6 Å². The second-order valence-electron chi connectivity index (χ2n) is 4.63. The quantitative estimate of drug-likeness (QED) is 0.818. The van der Waals surface area contributed by atoms with Crippen molar-refractivity contribution in [3.05, 3.63) is 34.6 Å². The van der Waals surface area contributed by atoms with Gasteiger partial charge < -0.3 is 14.9 Å². The summed E-state index contributed by atoms with van der Waals surface area (Å²) in [7, 11) is 1.87. The maximum atomic E-state index is 11.6. The lowest BCUT2D eigenvalue weighted by molar-refractivity contribution is 0.672. The van der Waals surface area contributed by atoms with Crippen LogP contribution < -0.4 is 10.9 Å². The van der Waals surface area contributed by atoms with E-state index < -0.39 is 0 Å². The first-order valence-electron chi connectivity index (χ1n) is 6.03. The first-order valence-corrected chi connectivity index (χ1v) is 6.03. The van der Waals surface area contributed by atoms with Crippen molar-refractivity contribution >= 4 is 0 Å². The standard InChI is InChI=1S/C12H15N5O/c1-17-7-13-6-10(17)12-15-9(4-11(18)16-12)5-14-8-2-3-8/h4,6-8,14H,2-3,5H2,1H3,(H,15,16,18). The van der Waals surface area contributed by atoms with E-state index in [-0.39, 0.29) is 5.56 Å². The normalized spacial score (nSPS) is 14.9. The molecule has 0 spiro atoms. The van der Waals surface area contributed by atoms with Crippen LogP contribution in [0.4, 0.5) is 0 Å². The monoisotopic (exact) mass is 245 g/mol. The average molecular weight is 245 g/mol. The van der Waals surface area contributed by atoms with Crippen molar-refractivity contribution in [2.24, 2.45) is 7.05 Å². The predicted octanol–water partition coefficient (Wildman–Crippen LogP) is 0.422. The molecular weight excluding hydrogens is 230 g/mol. The molecule has 3 rings (SSSR count). The molecule has 1 aliphatic rings. The highest BCUT2D eigenvalue weighted by Gasteiger charge is 2.20. The number of hydrogen-bond donors (Lipinski definition) is 2. The summed E-state index contributed by atoms with van der Waals surface area (Å²) in [6.07, 6.45) is 5.82. The Hall–Kier alpha value is -1.95. The van der Waals surface area contributed by atoms with Crippen LogP contribution in [0.25, 0.3) is 11.5 Å². The second-order valence-corrected chi connectivity index (χ2v) is 4.63. The molecule has 6 nitrogen and oxygen atoms in total. The maximum absolute atomic E-state index is 11.6. The number of hydrogen-bond acceptors (Lipinski definition) is 4. The fraction of sp³-hybridized carbons (Fsp3) is 0.417. The molecule has 1 saturated carbocycles. The lowest BCUT2D eigenvalue weighted by atomic mass is 10.3. The van der Waals surface area contributed by atoms with Crippen molar-refractivity contribution in [1.29, 1.82) is 0 Å². The van der Waals surface area contributed by atoms with Gasteiger partial charge in [0.15, 0.2) is 5.82 Å². The molecule has 2 heterocycles. The van der Waals surface area contributed by atoms with Crippen molar-refractivity contribution in [3.8, 4) is 11.5 Å². The predicted molar refractivity (Wildman–Crippen MR) is 66.9 cm³/mol. The van der Waals surface area contributed by atoms with E-state index in [0.29, 0.717) is 18.4 Å². The molecule has 2 N–H and O–H groups in total. The molecule has 1 aliphatic carbocycles. The van der Waals surface area contributed by atoms with Gasteiger partial charge in [-0.1, -0.05) is 0 Å². The van der Waals surface area contributed by atoms with E-state index in [1.54, 1.807) is 12.5 Å². The molecule has 0 aromatic carbocycles. The van der Waals surface area contributed by atoms with Gasteiger partial charge in [0.25, 0.3) is 5.56 Å². The van der Waals surface area contributed by atoms with Gasteiger partial charge in [-0.25, -0.2) is 9.97 Å². The van der Waals surface area contributed by atoms with Crippen molar-refractivity contribution in [2.75, 3.05) is 0 Å². The van der Waals surface area contributed by atoms with Gasteiger partial charge in [0, 0.05) is 25.7 Å². The summed E-state index contributed by atoms with van der Waals surface area (Å²) in [6, 6.07) is 2.14. The van der Waals surface area contributed by atoms with E-state index in [1.165, 1.54) is 18.9 Å². The van der Waals surface area contributed by atoms with Crippen LogP contribution in [0.5, 0.6) is 0 Å². The van der Waals surface area contributed by atoms with Gasteiger partial charge in [-0.3, -0.25) is 4.79 Å². The SMILES string of the molecule is Cn1cncc1-c1nc(CNC2CC2)cc(=O)[nH]1. The Morgan fingerprint density at radius 1 is 1.56 bits per heavy atom. The summed E-state index contributed by atoms with van der Waals surface area (Å²) in [5.74, 6) is 0.565. The number of H-pyrrole nitrogens is 1. The van der Waals surface area contributed by atoms with Gasteiger partial charge in [-0.05, 0) is 12.8 Å². The number of imidazole rings is 1.